The fourth-order valence-electron chi connectivity index (χ4n) is 1.25. The maximum absolute atomic E-state index is 12.0. The smallest absolute Gasteiger partial charge is 0.486 e. The Kier molecular flexibility index (Phi) is 4.45. The molecular formula is C12H16F3NO2. The second kappa shape index (κ2) is 5.48. The summed E-state index contributed by atoms with van der Waals surface area (Å²) < 4.78 is 45.2. The Morgan fingerprint density at radius 3 is 1.83 bits per heavy atom. The van der Waals surface area contributed by atoms with Crippen LogP contribution in [0.15, 0.2) is 24.3 Å². The number of hydrogen-bond donors (Lipinski definition) is 1. The third kappa shape index (κ3) is 4.44. The van der Waals surface area contributed by atoms with Crippen molar-refractivity contribution in [1.82, 2.24) is 0 Å². The first-order chi connectivity index (χ1) is 8.28. The molecule has 3 nitrogen and oxygen atoms in total. The van der Waals surface area contributed by atoms with Crippen molar-refractivity contribution in [1.29, 1.82) is 0 Å². The zero-order chi connectivity index (χ0) is 13.8. The standard InChI is InChI=1S/C12H16F3NO2/c1-3-11(2,8-16)17-9-4-6-10(7-5-9)18-12(13,14)15/h4-7H,3,8,16H2,1-2H3. The molecule has 102 valence electrons. The fourth-order valence-corrected chi connectivity index (χ4v) is 1.25. The van der Waals surface area contributed by atoms with Gasteiger partial charge in [0.05, 0.1) is 0 Å². The Labute approximate surface area is 104 Å². The zero-order valence-corrected chi connectivity index (χ0v) is 10.3. The second-order valence-corrected chi connectivity index (χ2v) is 4.13. The van der Waals surface area contributed by atoms with Gasteiger partial charge in [-0.15, -0.1) is 13.2 Å². The topological polar surface area (TPSA) is 44.5 Å². The highest BCUT2D eigenvalue weighted by molar-refractivity contribution is 5.31. The van der Waals surface area contributed by atoms with Crippen LogP contribution in [-0.2, 0) is 0 Å². The molecule has 6 heteroatoms. The van der Waals surface area contributed by atoms with Crippen molar-refractivity contribution in [3.05, 3.63) is 24.3 Å². The Bertz CT molecular complexity index is 372. The van der Waals surface area contributed by atoms with E-state index in [1.807, 2.05) is 13.8 Å². The van der Waals surface area contributed by atoms with E-state index in [0.29, 0.717) is 18.7 Å². The number of nitrogens with two attached hydrogens (primary N) is 1. The maximum atomic E-state index is 12.0. The first-order valence-electron chi connectivity index (χ1n) is 5.53. The lowest BCUT2D eigenvalue weighted by Crippen LogP contribution is -2.39. The number of hydrogen-bond acceptors (Lipinski definition) is 3. The molecule has 1 aromatic carbocycles. The van der Waals surface area contributed by atoms with Crippen LogP contribution in [0.5, 0.6) is 11.5 Å². The molecule has 0 aliphatic carbocycles. The molecule has 1 unspecified atom stereocenters. The predicted molar refractivity (Wildman–Crippen MR) is 61.5 cm³/mol. The van der Waals surface area contributed by atoms with Gasteiger partial charge in [0.15, 0.2) is 0 Å². The Balaban J connectivity index is 2.71. The molecule has 1 rings (SSSR count). The molecule has 0 saturated carbocycles. The molecule has 2 N–H and O–H groups in total. The van der Waals surface area contributed by atoms with Gasteiger partial charge in [-0.25, -0.2) is 0 Å². The van der Waals surface area contributed by atoms with Gasteiger partial charge in [-0.2, -0.15) is 0 Å². The van der Waals surface area contributed by atoms with E-state index in [9.17, 15) is 13.2 Å². The third-order valence-corrected chi connectivity index (χ3v) is 2.60. The number of rotatable bonds is 5. The number of halogens is 3. The van der Waals surface area contributed by atoms with Crippen LogP contribution in [-0.4, -0.2) is 18.5 Å². The average Bonchev–Trinajstić information content (AvgIpc) is 2.30. The summed E-state index contributed by atoms with van der Waals surface area (Å²) in [5.74, 6) is 0.181. The molecule has 1 aromatic rings. The van der Waals surface area contributed by atoms with Crippen LogP contribution in [0.1, 0.15) is 20.3 Å². The van der Waals surface area contributed by atoms with Crippen LogP contribution in [0.3, 0.4) is 0 Å². The van der Waals surface area contributed by atoms with Crippen molar-refractivity contribution in [2.75, 3.05) is 6.54 Å². The highest BCUT2D eigenvalue weighted by Gasteiger charge is 2.31. The fraction of sp³-hybridized carbons (Fsp3) is 0.500. The van der Waals surface area contributed by atoms with Crippen LogP contribution in [0.4, 0.5) is 13.2 Å². The lowest BCUT2D eigenvalue weighted by Gasteiger charge is -2.28. The molecule has 0 spiro atoms. The van der Waals surface area contributed by atoms with Crippen LogP contribution in [0.25, 0.3) is 0 Å². The van der Waals surface area contributed by atoms with Crippen molar-refractivity contribution < 1.29 is 22.6 Å². The van der Waals surface area contributed by atoms with Gasteiger partial charge in [0, 0.05) is 6.54 Å². The number of ether oxygens (including phenoxy) is 2. The van der Waals surface area contributed by atoms with E-state index in [2.05, 4.69) is 4.74 Å². The highest BCUT2D eigenvalue weighted by Crippen LogP contribution is 2.26. The Hall–Kier alpha value is -1.43. The summed E-state index contributed by atoms with van der Waals surface area (Å²) in [4.78, 5) is 0. The summed E-state index contributed by atoms with van der Waals surface area (Å²) in [5, 5.41) is 0. The predicted octanol–water partition coefficient (Wildman–Crippen LogP) is 3.09. The normalized spacial score (nSPS) is 15.0. The van der Waals surface area contributed by atoms with Crippen molar-refractivity contribution in [2.24, 2.45) is 5.73 Å². The van der Waals surface area contributed by atoms with Gasteiger partial charge in [-0.3, -0.25) is 0 Å². The zero-order valence-electron chi connectivity index (χ0n) is 10.3. The summed E-state index contributed by atoms with van der Waals surface area (Å²) in [6.07, 6.45) is -3.98. The van der Waals surface area contributed by atoms with Crippen LogP contribution >= 0.6 is 0 Å². The van der Waals surface area contributed by atoms with Gasteiger partial charge in [0.2, 0.25) is 0 Å². The minimum atomic E-state index is -4.68. The summed E-state index contributed by atoms with van der Waals surface area (Å²) in [7, 11) is 0. The first kappa shape index (κ1) is 14.6. The SMILES string of the molecule is CCC(C)(CN)Oc1ccc(OC(F)(F)F)cc1. The second-order valence-electron chi connectivity index (χ2n) is 4.13. The lowest BCUT2D eigenvalue weighted by atomic mass is 10.0. The monoisotopic (exact) mass is 263 g/mol. The molecule has 0 fully saturated rings. The van der Waals surface area contributed by atoms with Crippen molar-refractivity contribution >= 4 is 0 Å². The molecule has 18 heavy (non-hydrogen) atoms. The van der Waals surface area contributed by atoms with E-state index in [-0.39, 0.29) is 5.75 Å². The van der Waals surface area contributed by atoms with E-state index < -0.39 is 12.0 Å². The van der Waals surface area contributed by atoms with Crippen molar-refractivity contribution in [3.63, 3.8) is 0 Å². The summed E-state index contributed by atoms with van der Waals surface area (Å²) >= 11 is 0. The minimum absolute atomic E-state index is 0.277. The molecule has 0 aliphatic heterocycles. The van der Waals surface area contributed by atoms with Crippen molar-refractivity contribution in [2.45, 2.75) is 32.2 Å². The van der Waals surface area contributed by atoms with Crippen LogP contribution < -0.4 is 15.2 Å². The van der Waals surface area contributed by atoms with Gasteiger partial charge in [-0.05, 0) is 37.6 Å². The molecule has 0 aliphatic rings. The molecule has 0 bridgehead atoms. The molecular weight excluding hydrogens is 247 g/mol. The minimum Gasteiger partial charge on any atom is -0.486 e. The Morgan fingerprint density at radius 1 is 1.06 bits per heavy atom. The van der Waals surface area contributed by atoms with E-state index in [1.54, 1.807) is 0 Å². The van der Waals surface area contributed by atoms with Gasteiger partial charge in [0.25, 0.3) is 0 Å². The van der Waals surface area contributed by atoms with E-state index in [1.165, 1.54) is 24.3 Å². The molecule has 1 atom stereocenters. The number of benzene rings is 1. The quantitative estimate of drug-likeness (QED) is 0.887. The maximum Gasteiger partial charge on any atom is 0.573 e. The summed E-state index contributed by atoms with van der Waals surface area (Å²) in [6.45, 7) is 4.09. The van der Waals surface area contributed by atoms with Crippen molar-refractivity contribution in [3.8, 4) is 11.5 Å². The summed E-state index contributed by atoms with van der Waals surface area (Å²) in [5.41, 5.74) is 5.06. The lowest BCUT2D eigenvalue weighted by molar-refractivity contribution is -0.274. The summed E-state index contributed by atoms with van der Waals surface area (Å²) in [6, 6.07) is 5.25. The number of alkyl halides is 3. The van der Waals surface area contributed by atoms with Gasteiger partial charge in [0.1, 0.15) is 17.1 Å². The molecule has 0 heterocycles. The molecule has 0 aromatic heterocycles. The van der Waals surface area contributed by atoms with Crippen LogP contribution in [0, 0.1) is 0 Å². The van der Waals surface area contributed by atoms with Gasteiger partial charge < -0.3 is 15.2 Å². The molecule has 0 amide bonds. The van der Waals surface area contributed by atoms with Crippen LogP contribution in [0.2, 0.25) is 0 Å². The van der Waals surface area contributed by atoms with Gasteiger partial charge >= 0.3 is 6.36 Å². The third-order valence-electron chi connectivity index (χ3n) is 2.60. The largest absolute Gasteiger partial charge is 0.573 e. The highest BCUT2D eigenvalue weighted by atomic mass is 19.4. The first-order valence-corrected chi connectivity index (χ1v) is 5.53. The van der Waals surface area contributed by atoms with E-state index in [4.69, 9.17) is 10.5 Å². The molecule has 0 saturated heterocycles. The molecule has 0 radical (unpaired) electrons. The van der Waals surface area contributed by atoms with E-state index in [0.717, 1.165) is 0 Å². The average molecular weight is 263 g/mol. The Morgan fingerprint density at radius 2 is 1.50 bits per heavy atom. The van der Waals surface area contributed by atoms with E-state index >= 15 is 0 Å². The van der Waals surface area contributed by atoms with Gasteiger partial charge in [-0.1, -0.05) is 6.92 Å².